The normalized spacial score (nSPS) is 20.0. The van der Waals surface area contributed by atoms with E-state index in [9.17, 15) is 28.0 Å². The van der Waals surface area contributed by atoms with E-state index in [1.807, 2.05) is 5.32 Å². The highest BCUT2D eigenvalue weighted by molar-refractivity contribution is 6.45. The van der Waals surface area contributed by atoms with E-state index in [0.717, 1.165) is 17.0 Å². The average Bonchev–Trinajstić information content (AvgIpc) is 2.99. The van der Waals surface area contributed by atoms with Gasteiger partial charge in [-0.25, -0.2) is 0 Å². The third-order valence-electron chi connectivity index (χ3n) is 6.11. The molecule has 2 aromatic carbocycles. The van der Waals surface area contributed by atoms with Crippen molar-refractivity contribution in [3.05, 3.63) is 63.7 Å². The lowest BCUT2D eigenvalue weighted by molar-refractivity contribution is -0.147. The zero-order chi connectivity index (χ0) is 26.6. The maximum Gasteiger partial charge on any atom is 0.349 e. The zero-order valence-corrected chi connectivity index (χ0v) is 19.3. The molecule has 0 bridgehead atoms. The minimum absolute atomic E-state index is 0.0113. The topological polar surface area (TPSA) is 95.6 Å². The van der Waals surface area contributed by atoms with Crippen LogP contribution >= 0.6 is 11.6 Å². The van der Waals surface area contributed by atoms with Gasteiger partial charge in [0.15, 0.2) is 0 Å². The predicted octanol–water partition coefficient (Wildman–Crippen LogP) is -0.0826. The number of piperidine rings is 1. The molecule has 0 aromatic heterocycles. The van der Waals surface area contributed by atoms with Gasteiger partial charge in [0, 0.05) is 28.5 Å². The SMILES string of the molecule is [B]c1cc(C([B])NC(=O)C(F)(F)c2ccc(Cl)cc2)cc2c1C(=O)N(C1CCC(=O)NC1=O)C2([B])[B]. The number of amides is 4. The van der Waals surface area contributed by atoms with E-state index >= 15 is 0 Å². The molecule has 14 heteroatoms. The summed E-state index contributed by atoms with van der Waals surface area (Å²) in [6.45, 7) is 0. The summed E-state index contributed by atoms with van der Waals surface area (Å²) in [7, 11) is 24.5. The first-order chi connectivity index (χ1) is 16.7. The minimum atomic E-state index is -3.94. The summed E-state index contributed by atoms with van der Waals surface area (Å²) in [4.78, 5) is 50.3. The second-order valence-electron chi connectivity index (χ2n) is 8.53. The number of imide groups is 1. The molecule has 2 unspecified atom stereocenters. The third kappa shape index (κ3) is 4.34. The summed E-state index contributed by atoms with van der Waals surface area (Å²) in [6, 6.07) is 5.76. The minimum Gasteiger partial charge on any atom is -0.352 e. The maximum absolute atomic E-state index is 14.7. The number of halogens is 3. The largest absolute Gasteiger partial charge is 0.352 e. The number of nitrogens with one attached hydrogen (secondary N) is 2. The molecule has 2 aliphatic heterocycles. The second-order valence-corrected chi connectivity index (χ2v) is 8.97. The first-order valence-electron chi connectivity index (χ1n) is 10.6. The second kappa shape index (κ2) is 9.10. The molecule has 36 heavy (non-hydrogen) atoms. The number of alkyl halides is 2. The molecule has 2 aromatic rings. The van der Waals surface area contributed by atoms with Gasteiger partial charge in [0.2, 0.25) is 11.8 Å². The fourth-order valence-corrected chi connectivity index (χ4v) is 4.40. The molecule has 0 saturated carbocycles. The molecule has 2 heterocycles. The quantitative estimate of drug-likeness (QED) is 0.443. The van der Waals surface area contributed by atoms with Gasteiger partial charge in [-0.1, -0.05) is 41.3 Å². The zero-order valence-electron chi connectivity index (χ0n) is 18.6. The van der Waals surface area contributed by atoms with Crippen LogP contribution in [0.1, 0.15) is 45.8 Å². The van der Waals surface area contributed by atoms with Crippen LogP contribution in [0.5, 0.6) is 0 Å². The number of nitrogens with zero attached hydrogens (tertiary/aromatic N) is 1. The lowest BCUT2D eigenvalue weighted by atomic mass is 9.57. The summed E-state index contributed by atoms with van der Waals surface area (Å²) in [6.07, 6.45) is -0.0469. The number of hydrogen-bond donors (Lipinski definition) is 2. The summed E-state index contributed by atoms with van der Waals surface area (Å²) < 4.78 is 29.3. The van der Waals surface area contributed by atoms with Crippen molar-refractivity contribution in [2.24, 2.45) is 0 Å². The molecule has 0 aliphatic carbocycles. The number of rotatable bonds is 5. The lowest BCUT2D eigenvalue weighted by Crippen LogP contribution is -2.59. The monoisotopic (exact) mass is 501 g/mol. The number of benzene rings is 2. The first-order valence-corrected chi connectivity index (χ1v) is 11.0. The number of hydrogen-bond acceptors (Lipinski definition) is 4. The molecule has 8 radical (unpaired) electrons. The van der Waals surface area contributed by atoms with Gasteiger partial charge >= 0.3 is 5.92 Å². The van der Waals surface area contributed by atoms with Gasteiger partial charge in [-0.2, -0.15) is 8.78 Å². The van der Waals surface area contributed by atoms with Crippen molar-refractivity contribution in [3.8, 4) is 0 Å². The Hall–Kier alpha value is -3.07. The molecule has 0 spiro atoms. The van der Waals surface area contributed by atoms with Crippen molar-refractivity contribution >= 4 is 72.1 Å². The van der Waals surface area contributed by atoms with Gasteiger partial charge < -0.3 is 10.2 Å². The van der Waals surface area contributed by atoms with Crippen molar-refractivity contribution in [2.75, 3.05) is 0 Å². The molecule has 4 amide bonds. The van der Waals surface area contributed by atoms with Crippen LogP contribution < -0.4 is 16.1 Å². The Morgan fingerprint density at radius 1 is 1.19 bits per heavy atom. The first kappa shape index (κ1) is 26.0. The third-order valence-corrected chi connectivity index (χ3v) is 6.37. The molecular weight excluding hydrogens is 487 g/mol. The van der Waals surface area contributed by atoms with Gasteiger partial charge in [-0.3, -0.25) is 24.5 Å². The van der Waals surface area contributed by atoms with E-state index in [2.05, 4.69) is 5.32 Å². The fourth-order valence-electron chi connectivity index (χ4n) is 4.27. The highest BCUT2D eigenvalue weighted by Crippen LogP contribution is 2.38. The van der Waals surface area contributed by atoms with Gasteiger partial charge in [-0.15, -0.1) is 0 Å². The molecular formula is C22H14B4ClF2N3O4. The van der Waals surface area contributed by atoms with E-state index in [1.54, 1.807) is 0 Å². The van der Waals surface area contributed by atoms with E-state index < -0.39 is 52.4 Å². The van der Waals surface area contributed by atoms with Gasteiger partial charge in [0.25, 0.3) is 11.8 Å². The van der Waals surface area contributed by atoms with Crippen molar-refractivity contribution in [2.45, 2.75) is 36.1 Å². The van der Waals surface area contributed by atoms with E-state index in [0.29, 0.717) is 0 Å². The van der Waals surface area contributed by atoms with Gasteiger partial charge in [0.1, 0.15) is 21.7 Å². The summed E-state index contributed by atoms with van der Waals surface area (Å²) >= 11 is 5.71. The van der Waals surface area contributed by atoms with Crippen molar-refractivity contribution < 1.29 is 28.0 Å². The Kier molecular flexibility index (Phi) is 6.58. The van der Waals surface area contributed by atoms with Gasteiger partial charge in [-0.05, 0) is 35.0 Å². The summed E-state index contributed by atoms with van der Waals surface area (Å²) in [5.41, 5.74) is -0.834. The molecule has 2 aliphatic rings. The molecule has 174 valence electrons. The lowest BCUT2D eigenvalue weighted by Gasteiger charge is -2.40. The van der Waals surface area contributed by atoms with Crippen LogP contribution in [-0.2, 0) is 25.6 Å². The van der Waals surface area contributed by atoms with E-state index in [1.165, 1.54) is 24.3 Å². The molecule has 2 N–H and O–H groups in total. The molecule has 1 fully saturated rings. The molecule has 1 saturated heterocycles. The van der Waals surface area contributed by atoms with Crippen LogP contribution in [0.2, 0.25) is 5.02 Å². The Morgan fingerprint density at radius 2 is 1.83 bits per heavy atom. The van der Waals surface area contributed by atoms with E-state index in [4.69, 9.17) is 43.0 Å². The Labute approximate surface area is 215 Å². The molecule has 2 atom stereocenters. The van der Waals surface area contributed by atoms with Gasteiger partial charge in [0.05, 0.1) is 15.7 Å². The van der Waals surface area contributed by atoms with Crippen molar-refractivity contribution in [3.63, 3.8) is 0 Å². The van der Waals surface area contributed by atoms with Crippen LogP contribution in [0, 0.1) is 0 Å². The van der Waals surface area contributed by atoms with Crippen LogP contribution in [-0.4, -0.2) is 66.0 Å². The standard InChI is InChI=1S/C22H14B4ClF2N3O4/c23-13-8-9(17(24)31-20(36)21(28,29)10-1-3-11(27)4-2-10)7-12-16(13)19(35)32(22(12,25)26)14-5-6-15(33)30-18(14)34/h1-4,7-8,14,17H,5-6H2,(H,31,36)(H,30,33,34). The maximum atomic E-state index is 14.7. The smallest absolute Gasteiger partial charge is 0.349 e. The predicted molar refractivity (Wildman–Crippen MR) is 129 cm³/mol. The highest BCUT2D eigenvalue weighted by Gasteiger charge is 2.49. The number of carbonyl (C=O) groups excluding carboxylic acids is 4. The van der Waals surface area contributed by atoms with Crippen LogP contribution in [0.4, 0.5) is 8.78 Å². The van der Waals surface area contributed by atoms with Crippen LogP contribution in [0.25, 0.3) is 0 Å². The fraction of sp³-hybridized carbons (Fsp3) is 0.273. The Morgan fingerprint density at radius 3 is 2.44 bits per heavy atom. The van der Waals surface area contributed by atoms with Crippen LogP contribution in [0.3, 0.4) is 0 Å². The van der Waals surface area contributed by atoms with Crippen LogP contribution in [0.15, 0.2) is 36.4 Å². The number of carbonyl (C=O) groups is 4. The van der Waals surface area contributed by atoms with E-state index in [-0.39, 0.29) is 40.0 Å². The summed E-state index contributed by atoms with van der Waals surface area (Å²) in [5.74, 6) is -9.11. The molecule has 7 nitrogen and oxygen atoms in total. The van der Waals surface area contributed by atoms with Crippen molar-refractivity contribution in [1.29, 1.82) is 0 Å². The Bertz CT molecular complexity index is 1290. The number of fused-ring (bicyclic) bond motifs is 1. The molecule has 4 rings (SSSR count). The highest BCUT2D eigenvalue weighted by atomic mass is 35.5. The average molecular weight is 501 g/mol. The van der Waals surface area contributed by atoms with Crippen molar-refractivity contribution in [1.82, 2.24) is 15.5 Å². The summed E-state index contributed by atoms with van der Waals surface area (Å²) in [5, 5.41) is 2.31. The Balaban J connectivity index is 1.62.